The van der Waals surface area contributed by atoms with E-state index in [1.165, 1.54) is 11.8 Å². The number of pyridine rings is 1. The second-order valence-electron chi connectivity index (χ2n) is 7.34. The van der Waals surface area contributed by atoms with Crippen LogP contribution < -0.4 is 5.32 Å². The van der Waals surface area contributed by atoms with Crippen LogP contribution in [0, 0.1) is 32.1 Å². The Bertz CT molecular complexity index is 1160. The van der Waals surface area contributed by atoms with Gasteiger partial charge >= 0.3 is 0 Å². The fourth-order valence-corrected chi connectivity index (χ4v) is 4.05. The molecule has 1 N–H and O–H groups in total. The zero-order chi connectivity index (χ0) is 21.3. The van der Waals surface area contributed by atoms with E-state index < -0.39 is 0 Å². The Hall–Kier alpha value is -3.25. The number of thioether (sulfide) groups is 1. The topological polar surface area (TPSA) is 109 Å². The molecule has 0 radical (unpaired) electrons. The van der Waals surface area contributed by atoms with Gasteiger partial charge in [0.05, 0.1) is 17.4 Å². The van der Waals surface area contributed by atoms with E-state index in [-0.39, 0.29) is 11.7 Å². The first-order valence-electron chi connectivity index (χ1n) is 9.66. The van der Waals surface area contributed by atoms with Crippen LogP contribution in [0.2, 0.25) is 0 Å². The second-order valence-corrected chi connectivity index (χ2v) is 8.30. The highest BCUT2D eigenvalue weighted by Gasteiger charge is 2.28. The minimum atomic E-state index is -0.166. The van der Waals surface area contributed by atoms with Crippen LogP contribution in [0.5, 0.6) is 0 Å². The lowest BCUT2D eigenvalue weighted by molar-refractivity contribution is -0.113. The molecule has 1 amide bonds. The van der Waals surface area contributed by atoms with Crippen LogP contribution >= 0.6 is 11.8 Å². The third-order valence-electron chi connectivity index (χ3n) is 5.21. The number of benzene rings is 1. The monoisotopic (exact) mass is 419 g/mol. The molecule has 2 heterocycles. The number of carbonyl (C=O) groups is 1. The molecule has 0 aliphatic heterocycles. The van der Waals surface area contributed by atoms with Crippen molar-refractivity contribution < 1.29 is 4.79 Å². The molecule has 1 aromatic carbocycles. The van der Waals surface area contributed by atoms with Crippen molar-refractivity contribution >= 4 is 23.4 Å². The number of tetrazole rings is 1. The summed E-state index contributed by atoms with van der Waals surface area (Å²) >= 11 is 1.27. The van der Waals surface area contributed by atoms with Gasteiger partial charge in [-0.2, -0.15) is 5.26 Å². The molecule has 1 aliphatic rings. The van der Waals surface area contributed by atoms with Crippen molar-refractivity contribution in [3.05, 3.63) is 46.6 Å². The van der Waals surface area contributed by atoms with E-state index in [4.69, 9.17) is 0 Å². The lowest BCUT2D eigenvalue weighted by Gasteiger charge is -2.11. The fraction of sp³-hybridized carbons (Fsp3) is 0.333. The minimum absolute atomic E-state index is 0.160. The molecule has 152 valence electrons. The summed E-state index contributed by atoms with van der Waals surface area (Å²) in [7, 11) is 0. The van der Waals surface area contributed by atoms with Crippen molar-refractivity contribution in [3.8, 4) is 17.5 Å². The van der Waals surface area contributed by atoms with Crippen LogP contribution in [-0.2, 0) is 4.79 Å². The fourth-order valence-electron chi connectivity index (χ4n) is 3.16. The number of nitrogens with zero attached hydrogens (tertiary/aromatic N) is 6. The number of anilines is 1. The Kier molecular flexibility index (Phi) is 5.50. The lowest BCUT2D eigenvalue weighted by atomic mass is 10.1. The van der Waals surface area contributed by atoms with Gasteiger partial charge in [-0.05, 0) is 67.3 Å². The van der Waals surface area contributed by atoms with Gasteiger partial charge in [-0.1, -0.05) is 23.9 Å². The van der Waals surface area contributed by atoms with Crippen molar-refractivity contribution in [3.63, 3.8) is 0 Å². The van der Waals surface area contributed by atoms with Crippen LogP contribution in [-0.4, -0.2) is 36.9 Å². The van der Waals surface area contributed by atoms with Crippen LogP contribution in [0.1, 0.15) is 41.3 Å². The zero-order valence-corrected chi connectivity index (χ0v) is 17.8. The van der Waals surface area contributed by atoms with E-state index in [1.807, 2.05) is 49.7 Å². The first kappa shape index (κ1) is 20.0. The summed E-state index contributed by atoms with van der Waals surface area (Å²) in [6.07, 6.45) is 2.17. The Labute approximate surface area is 178 Å². The van der Waals surface area contributed by atoms with Crippen molar-refractivity contribution in [2.24, 2.45) is 0 Å². The van der Waals surface area contributed by atoms with Gasteiger partial charge in [0, 0.05) is 16.9 Å². The third-order valence-corrected chi connectivity index (χ3v) is 6.18. The molecule has 0 saturated heterocycles. The summed E-state index contributed by atoms with van der Waals surface area (Å²) in [6, 6.07) is 10.1. The van der Waals surface area contributed by atoms with Crippen molar-refractivity contribution in [1.29, 1.82) is 5.26 Å². The first-order valence-corrected chi connectivity index (χ1v) is 10.7. The molecule has 0 bridgehead atoms. The summed E-state index contributed by atoms with van der Waals surface area (Å²) in [4.78, 5) is 17.0. The number of aromatic nitrogens is 5. The van der Waals surface area contributed by atoms with E-state index in [1.54, 1.807) is 0 Å². The Morgan fingerprint density at radius 3 is 2.83 bits per heavy atom. The van der Waals surface area contributed by atoms with Gasteiger partial charge in [-0.25, -0.2) is 9.67 Å². The summed E-state index contributed by atoms with van der Waals surface area (Å²) in [6.45, 7) is 5.77. The second kappa shape index (κ2) is 8.24. The molecular weight excluding hydrogens is 398 g/mol. The predicted molar refractivity (Wildman–Crippen MR) is 114 cm³/mol. The smallest absolute Gasteiger partial charge is 0.234 e. The number of rotatable bonds is 6. The maximum Gasteiger partial charge on any atom is 0.234 e. The number of aryl methyl sites for hydroxylation is 1. The molecule has 0 spiro atoms. The van der Waals surface area contributed by atoms with Crippen LogP contribution in [0.3, 0.4) is 0 Å². The predicted octanol–water partition coefficient (Wildman–Crippen LogP) is 3.60. The Morgan fingerprint density at radius 2 is 2.10 bits per heavy atom. The third kappa shape index (κ3) is 4.04. The summed E-state index contributed by atoms with van der Waals surface area (Å²) < 4.78 is 1.84. The molecule has 1 fully saturated rings. The maximum atomic E-state index is 12.5. The van der Waals surface area contributed by atoms with Crippen molar-refractivity contribution in [2.45, 2.75) is 44.7 Å². The number of nitrogens with one attached hydrogen (secondary N) is 1. The number of nitriles is 1. The maximum absolute atomic E-state index is 12.5. The lowest BCUT2D eigenvalue weighted by Crippen LogP contribution is -2.14. The molecule has 0 atom stereocenters. The summed E-state index contributed by atoms with van der Waals surface area (Å²) in [5.41, 5.74) is 4.85. The van der Waals surface area contributed by atoms with Gasteiger partial charge < -0.3 is 5.32 Å². The molecule has 2 aromatic heterocycles. The summed E-state index contributed by atoms with van der Waals surface area (Å²) in [5, 5.41) is 25.0. The summed E-state index contributed by atoms with van der Waals surface area (Å²) in [5.74, 6) is 0.699. The van der Waals surface area contributed by atoms with Crippen molar-refractivity contribution in [1.82, 2.24) is 25.2 Å². The van der Waals surface area contributed by atoms with E-state index >= 15 is 0 Å². The average molecular weight is 420 g/mol. The van der Waals surface area contributed by atoms with E-state index in [2.05, 4.69) is 31.9 Å². The van der Waals surface area contributed by atoms with Gasteiger partial charge in [-0.15, -0.1) is 5.10 Å². The minimum Gasteiger partial charge on any atom is -0.325 e. The number of carbonyl (C=O) groups excluding carboxylic acids is 1. The normalized spacial score (nSPS) is 13.1. The van der Waals surface area contributed by atoms with Gasteiger partial charge in [-0.3, -0.25) is 4.79 Å². The molecule has 1 aliphatic carbocycles. The molecule has 1 saturated carbocycles. The van der Waals surface area contributed by atoms with Gasteiger partial charge in [0.1, 0.15) is 11.1 Å². The largest absolute Gasteiger partial charge is 0.325 e. The first-order chi connectivity index (χ1) is 14.5. The van der Waals surface area contributed by atoms with E-state index in [0.717, 1.165) is 35.2 Å². The number of amides is 1. The van der Waals surface area contributed by atoms with E-state index in [0.29, 0.717) is 28.1 Å². The molecule has 0 unspecified atom stereocenters. The average Bonchev–Trinajstić information content (AvgIpc) is 3.47. The van der Waals surface area contributed by atoms with Crippen LogP contribution in [0.4, 0.5) is 5.69 Å². The molecule has 3 aromatic rings. The zero-order valence-electron chi connectivity index (χ0n) is 17.0. The highest BCUT2D eigenvalue weighted by Crippen LogP contribution is 2.36. The highest BCUT2D eigenvalue weighted by atomic mass is 32.2. The SMILES string of the molecule is Cc1nc(SCC(=O)Nc2cccc(-c3nnnn3C3CC3)c2)c(C#N)c(C)c1C. The van der Waals surface area contributed by atoms with Crippen molar-refractivity contribution in [2.75, 3.05) is 11.1 Å². The molecule has 8 nitrogen and oxygen atoms in total. The number of hydrogen-bond donors (Lipinski definition) is 1. The number of hydrogen-bond acceptors (Lipinski definition) is 7. The van der Waals surface area contributed by atoms with Gasteiger partial charge in [0.25, 0.3) is 0 Å². The quantitative estimate of drug-likeness (QED) is 0.608. The Balaban J connectivity index is 1.45. The molecule has 9 heteroatoms. The van der Waals surface area contributed by atoms with Crippen LogP contribution in [0.25, 0.3) is 11.4 Å². The Morgan fingerprint density at radius 1 is 1.30 bits per heavy atom. The van der Waals surface area contributed by atoms with Crippen LogP contribution in [0.15, 0.2) is 29.3 Å². The van der Waals surface area contributed by atoms with Gasteiger partial charge in [0.2, 0.25) is 5.91 Å². The highest BCUT2D eigenvalue weighted by molar-refractivity contribution is 8.00. The van der Waals surface area contributed by atoms with Gasteiger partial charge in [0.15, 0.2) is 5.82 Å². The standard InChI is InChI=1S/C21H21N7OS/c1-12-13(2)18(10-22)21(23-14(12)3)30-11-19(29)24-16-6-4-5-15(9-16)20-25-26-27-28(20)17-7-8-17/h4-6,9,17H,7-8,11H2,1-3H3,(H,24,29). The molecule has 4 rings (SSSR count). The molecular formula is C21H21N7OS. The molecule has 30 heavy (non-hydrogen) atoms. The van der Waals surface area contributed by atoms with E-state index in [9.17, 15) is 10.1 Å².